The van der Waals surface area contributed by atoms with Crippen molar-refractivity contribution < 1.29 is 18.0 Å². The summed E-state index contributed by atoms with van der Waals surface area (Å²) in [6, 6.07) is 6.01. The highest BCUT2D eigenvalue weighted by molar-refractivity contribution is 7.90. The van der Waals surface area contributed by atoms with E-state index in [1.165, 1.54) is 12.1 Å². The fourth-order valence-corrected chi connectivity index (χ4v) is 3.70. The van der Waals surface area contributed by atoms with E-state index in [4.69, 9.17) is 0 Å². The molecule has 1 aliphatic heterocycles. The van der Waals surface area contributed by atoms with Gasteiger partial charge >= 0.3 is 0 Å². The second-order valence-corrected chi connectivity index (χ2v) is 8.56. The van der Waals surface area contributed by atoms with Crippen molar-refractivity contribution in [3.63, 3.8) is 0 Å². The molecule has 0 N–H and O–H groups in total. The summed E-state index contributed by atoms with van der Waals surface area (Å²) in [5.41, 5.74) is 0.473. The van der Waals surface area contributed by atoms with E-state index in [1.54, 1.807) is 17.0 Å². The topological polar surface area (TPSA) is 74.8 Å². The van der Waals surface area contributed by atoms with Crippen LogP contribution in [-0.4, -0.2) is 62.5 Å². The zero-order chi connectivity index (χ0) is 17.3. The molecule has 1 aromatic carbocycles. The molecule has 1 saturated heterocycles. The van der Waals surface area contributed by atoms with Gasteiger partial charge in [-0.3, -0.25) is 9.59 Å². The molecule has 1 saturated carbocycles. The monoisotopic (exact) mass is 350 g/mol. The lowest BCUT2D eigenvalue weighted by molar-refractivity contribution is -0.139. The third kappa shape index (κ3) is 3.45. The molecule has 0 radical (unpaired) electrons. The van der Waals surface area contributed by atoms with Crippen LogP contribution in [0.2, 0.25) is 0 Å². The Hall–Kier alpha value is -1.89. The van der Waals surface area contributed by atoms with Crippen molar-refractivity contribution in [2.24, 2.45) is 5.92 Å². The normalized spacial score (nSPS) is 19.0. The maximum atomic E-state index is 12.5. The molecule has 1 heterocycles. The van der Waals surface area contributed by atoms with Crippen LogP contribution in [0.25, 0.3) is 0 Å². The average Bonchev–Trinajstić information content (AvgIpc) is 2.52. The summed E-state index contributed by atoms with van der Waals surface area (Å²) in [4.78, 5) is 28.5. The van der Waals surface area contributed by atoms with E-state index >= 15 is 0 Å². The van der Waals surface area contributed by atoms with Gasteiger partial charge in [-0.05, 0) is 37.1 Å². The van der Waals surface area contributed by atoms with Crippen molar-refractivity contribution in [1.29, 1.82) is 0 Å². The Morgan fingerprint density at radius 2 is 1.50 bits per heavy atom. The number of rotatable bonds is 3. The van der Waals surface area contributed by atoms with Crippen molar-refractivity contribution in [2.45, 2.75) is 24.2 Å². The summed E-state index contributed by atoms with van der Waals surface area (Å²) in [5, 5.41) is 0. The van der Waals surface area contributed by atoms with Gasteiger partial charge in [-0.25, -0.2) is 8.42 Å². The molecular weight excluding hydrogens is 328 g/mol. The number of benzene rings is 1. The van der Waals surface area contributed by atoms with Crippen LogP contribution in [0, 0.1) is 5.92 Å². The quantitative estimate of drug-likeness (QED) is 0.820. The lowest BCUT2D eigenvalue weighted by atomic mass is 9.84. The molecule has 2 amide bonds. The molecule has 0 spiro atoms. The van der Waals surface area contributed by atoms with E-state index in [0.717, 1.165) is 25.5 Å². The van der Waals surface area contributed by atoms with Gasteiger partial charge in [-0.1, -0.05) is 6.42 Å². The van der Waals surface area contributed by atoms with Gasteiger partial charge in [-0.2, -0.15) is 0 Å². The number of carbonyl (C=O) groups excluding carboxylic acids is 2. The minimum atomic E-state index is -3.26. The number of piperazine rings is 1. The minimum Gasteiger partial charge on any atom is -0.339 e. The molecule has 0 bridgehead atoms. The first kappa shape index (κ1) is 17.0. The van der Waals surface area contributed by atoms with E-state index in [-0.39, 0.29) is 22.6 Å². The summed E-state index contributed by atoms with van der Waals surface area (Å²) in [6.07, 6.45) is 4.26. The number of amides is 2. The van der Waals surface area contributed by atoms with E-state index in [0.29, 0.717) is 31.7 Å². The Balaban J connectivity index is 1.59. The molecule has 7 heteroatoms. The first-order chi connectivity index (χ1) is 11.4. The molecule has 1 aromatic rings. The fraction of sp³-hybridized carbons (Fsp3) is 0.529. The molecule has 6 nitrogen and oxygen atoms in total. The zero-order valence-corrected chi connectivity index (χ0v) is 14.6. The summed E-state index contributed by atoms with van der Waals surface area (Å²) >= 11 is 0. The van der Waals surface area contributed by atoms with Crippen LogP contribution < -0.4 is 0 Å². The molecule has 0 aromatic heterocycles. The number of hydrogen-bond acceptors (Lipinski definition) is 4. The van der Waals surface area contributed by atoms with E-state index in [1.807, 2.05) is 4.90 Å². The number of hydrogen-bond donors (Lipinski definition) is 0. The van der Waals surface area contributed by atoms with Gasteiger partial charge in [0.2, 0.25) is 5.91 Å². The van der Waals surface area contributed by atoms with Crippen molar-refractivity contribution in [1.82, 2.24) is 9.80 Å². The van der Waals surface area contributed by atoms with Crippen LogP contribution in [0.3, 0.4) is 0 Å². The highest BCUT2D eigenvalue weighted by Gasteiger charge is 2.32. The molecular formula is C17H22N2O4S. The van der Waals surface area contributed by atoms with Gasteiger partial charge in [0.1, 0.15) is 0 Å². The standard InChI is InChI=1S/C17H22N2O4S/c1-24(22,23)15-7-5-14(6-8-15)17(21)19-11-9-18(10-12-19)16(20)13-3-2-4-13/h5-8,13H,2-4,9-12H2,1H3. The highest BCUT2D eigenvalue weighted by Crippen LogP contribution is 2.28. The SMILES string of the molecule is CS(=O)(=O)c1ccc(C(=O)N2CCN(C(=O)C3CCC3)CC2)cc1. The minimum absolute atomic E-state index is 0.120. The van der Waals surface area contributed by atoms with Crippen LogP contribution in [0.15, 0.2) is 29.2 Å². The van der Waals surface area contributed by atoms with Gasteiger partial charge in [-0.15, -0.1) is 0 Å². The van der Waals surface area contributed by atoms with Gasteiger partial charge in [0.15, 0.2) is 9.84 Å². The van der Waals surface area contributed by atoms with Crippen LogP contribution in [0.1, 0.15) is 29.6 Å². The van der Waals surface area contributed by atoms with Crippen molar-refractivity contribution >= 4 is 21.7 Å². The molecule has 0 atom stereocenters. The first-order valence-corrected chi connectivity index (χ1v) is 10.1. The second kappa shape index (κ2) is 6.55. The van der Waals surface area contributed by atoms with Gasteiger partial charge in [0.25, 0.3) is 5.91 Å². The number of nitrogens with zero attached hydrogens (tertiary/aromatic N) is 2. The predicted molar refractivity (Wildman–Crippen MR) is 89.4 cm³/mol. The Labute approximate surface area is 142 Å². The molecule has 1 aliphatic carbocycles. The maximum absolute atomic E-state index is 12.5. The van der Waals surface area contributed by atoms with Crippen molar-refractivity contribution in [3.8, 4) is 0 Å². The Bertz CT molecular complexity index is 730. The lowest BCUT2D eigenvalue weighted by Crippen LogP contribution is -2.52. The van der Waals surface area contributed by atoms with E-state index < -0.39 is 9.84 Å². The van der Waals surface area contributed by atoms with Crippen LogP contribution in [0.5, 0.6) is 0 Å². The number of sulfone groups is 1. The molecule has 3 rings (SSSR count). The van der Waals surface area contributed by atoms with Gasteiger partial charge in [0, 0.05) is 43.9 Å². The van der Waals surface area contributed by atoms with Crippen molar-refractivity contribution in [3.05, 3.63) is 29.8 Å². The van der Waals surface area contributed by atoms with Crippen molar-refractivity contribution in [2.75, 3.05) is 32.4 Å². The lowest BCUT2D eigenvalue weighted by Gasteiger charge is -2.38. The van der Waals surface area contributed by atoms with Crippen LogP contribution in [-0.2, 0) is 14.6 Å². The Morgan fingerprint density at radius 1 is 0.958 bits per heavy atom. The summed E-state index contributed by atoms with van der Waals surface area (Å²) < 4.78 is 22.9. The summed E-state index contributed by atoms with van der Waals surface area (Å²) in [5.74, 6) is 0.299. The smallest absolute Gasteiger partial charge is 0.253 e. The highest BCUT2D eigenvalue weighted by atomic mass is 32.2. The van der Waals surface area contributed by atoms with Crippen LogP contribution in [0.4, 0.5) is 0 Å². The third-order valence-electron chi connectivity index (χ3n) is 4.86. The zero-order valence-electron chi connectivity index (χ0n) is 13.8. The second-order valence-electron chi connectivity index (χ2n) is 6.54. The maximum Gasteiger partial charge on any atom is 0.253 e. The summed E-state index contributed by atoms with van der Waals surface area (Å²) in [7, 11) is -3.26. The average molecular weight is 350 g/mol. The molecule has 24 heavy (non-hydrogen) atoms. The molecule has 2 fully saturated rings. The fourth-order valence-electron chi connectivity index (χ4n) is 3.07. The number of carbonyl (C=O) groups is 2. The van der Waals surface area contributed by atoms with Gasteiger partial charge in [0.05, 0.1) is 4.90 Å². The largest absolute Gasteiger partial charge is 0.339 e. The summed E-state index contributed by atoms with van der Waals surface area (Å²) in [6.45, 7) is 2.18. The van der Waals surface area contributed by atoms with E-state index in [2.05, 4.69) is 0 Å². The first-order valence-electron chi connectivity index (χ1n) is 8.24. The van der Waals surface area contributed by atoms with E-state index in [9.17, 15) is 18.0 Å². The Kier molecular flexibility index (Phi) is 4.62. The Morgan fingerprint density at radius 3 is 1.96 bits per heavy atom. The molecule has 2 aliphatic rings. The molecule has 130 valence electrons. The van der Waals surface area contributed by atoms with Gasteiger partial charge < -0.3 is 9.80 Å². The predicted octanol–water partition coefficient (Wildman–Crippen LogP) is 1.17. The molecule has 0 unspecified atom stereocenters. The van der Waals surface area contributed by atoms with Crippen LogP contribution >= 0.6 is 0 Å². The third-order valence-corrected chi connectivity index (χ3v) is 5.99.